The number of halogens is 1. The molecule has 0 atom stereocenters. The molecule has 0 fully saturated rings. The Morgan fingerprint density at radius 1 is 1.30 bits per heavy atom. The van der Waals surface area contributed by atoms with Gasteiger partial charge in [-0.3, -0.25) is 0 Å². The third kappa shape index (κ3) is 1.64. The molecule has 0 radical (unpaired) electrons. The minimum atomic E-state index is 0.867. The minimum absolute atomic E-state index is 0.867. The Balaban J connectivity index is 2.80. The number of hydrogen-bond donors (Lipinski definition) is 1. The lowest BCUT2D eigenvalue weighted by molar-refractivity contribution is 0.415. The van der Waals surface area contributed by atoms with E-state index in [1.807, 2.05) is 24.3 Å². The van der Waals surface area contributed by atoms with Gasteiger partial charge in [-0.05, 0) is 24.3 Å². The molecule has 0 saturated carbocycles. The summed E-state index contributed by atoms with van der Waals surface area (Å²) < 4.78 is 7.81. The highest BCUT2D eigenvalue weighted by molar-refractivity contribution is 9.10. The highest BCUT2D eigenvalue weighted by Crippen LogP contribution is 2.15. The largest absolute Gasteiger partial charge is 0.497 e. The predicted octanol–water partition coefficient (Wildman–Crippen LogP) is 2.42. The zero-order valence-corrected chi connectivity index (χ0v) is 7.18. The molecule has 0 heterocycles. The van der Waals surface area contributed by atoms with Crippen molar-refractivity contribution in [2.45, 2.75) is 0 Å². The van der Waals surface area contributed by atoms with Crippen molar-refractivity contribution in [1.29, 1.82) is 0 Å². The number of nitrogens with one attached hydrogen (secondary N) is 1. The maximum Gasteiger partial charge on any atom is 0.119 e. The Labute approximate surface area is 68.5 Å². The Hall–Kier alpha value is -0.700. The molecule has 0 amide bonds. The van der Waals surface area contributed by atoms with Crippen molar-refractivity contribution < 1.29 is 4.74 Å². The van der Waals surface area contributed by atoms with Crippen molar-refractivity contribution >= 4 is 21.8 Å². The third-order valence-electron chi connectivity index (χ3n) is 1.20. The van der Waals surface area contributed by atoms with E-state index < -0.39 is 0 Å². The Kier molecular flexibility index (Phi) is 2.57. The Morgan fingerprint density at radius 3 is 2.30 bits per heavy atom. The lowest BCUT2D eigenvalue weighted by Gasteiger charge is -1.99. The summed E-state index contributed by atoms with van der Waals surface area (Å²) in [7, 11) is 1.65. The highest BCUT2D eigenvalue weighted by atomic mass is 79.9. The number of benzene rings is 1. The Morgan fingerprint density at radius 2 is 1.90 bits per heavy atom. The van der Waals surface area contributed by atoms with Crippen molar-refractivity contribution in [3.8, 4) is 5.75 Å². The van der Waals surface area contributed by atoms with Gasteiger partial charge in [-0.25, -0.2) is 0 Å². The molecule has 3 heteroatoms. The fourth-order valence-electron chi connectivity index (χ4n) is 0.654. The monoisotopic (exact) mass is 201 g/mol. The van der Waals surface area contributed by atoms with Gasteiger partial charge in [0.25, 0.3) is 0 Å². The minimum Gasteiger partial charge on any atom is -0.497 e. The first-order chi connectivity index (χ1) is 4.86. The fraction of sp³-hybridized carbons (Fsp3) is 0.143. The molecule has 2 nitrogen and oxygen atoms in total. The molecule has 1 N–H and O–H groups in total. The van der Waals surface area contributed by atoms with E-state index in [2.05, 4.69) is 20.5 Å². The number of methoxy groups -OCH3 is 1. The summed E-state index contributed by atoms with van der Waals surface area (Å²) in [6.45, 7) is 0. The van der Waals surface area contributed by atoms with E-state index in [4.69, 9.17) is 4.74 Å². The fourth-order valence-corrected chi connectivity index (χ4v) is 0.918. The van der Waals surface area contributed by atoms with Crippen LogP contribution in [0.1, 0.15) is 0 Å². The van der Waals surface area contributed by atoms with Crippen LogP contribution in [0.4, 0.5) is 5.69 Å². The number of anilines is 1. The average Bonchev–Trinajstić information content (AvgIpc) is 2.05. The van der Waals surface area contributed by atoms with Crippen LogP contribution in [0.5, 0.6) is 5.75 Å². The number of ether oxygens (including phenoxy) is 1. The molecule has 0 spiro atoms. The van der Waals surface area contributed by atoms with Crippen LogP contribution in [0, 0.1) is 0 Å². The van der Waals surface area contributed by atoms with E-state index >= 15 is 0 Å². The first-order valence-corrected chi connectivity index (χ1v) is 3.67. The zero-order chi connectivity index (χ0) is 7.40. The van der Waals surface area contributed by atoms with Crippen molar-refractivity contribution in [1.82, 2.24) is 0 Å². The zero-order valence-electron chi connectivity index (χ0n) is 5.60. The first kappa shape index (κ1) is 7.41. The van der Waals surface area contributed by atoms with Crippen LogP contribution in [0.15, 0.2) is 24.3 Å². The molecule has 0 aliphatic carbocycles. The standard InChI is InChI=1S/C7H8BrNO/c1-10-7-4-2-6(9-8)3-5-7/h2-5,9H,1H3. The quantitative estimate of drug-likeness (QED) is 0.743. The van der Waals surface area contributed by atoms with Crippen LogP contribution in [-0.4, -0.2) is 7.11 Å². The molecule has 0 bridgehead atoms. The summed E-state index contributed by atoms with van der Waals surface area (Å²) in [5.74, 6) is 0.867. The molecule has 10 heavy (non-hydrogen) atoms. The summed E-state index contributed by atoms with van der Waals surface area (Å²) in [5, 5.41) is 0. The topological polar surface area (TPSA) is 21.3 Å². The van der Waals surface area contributed by atoms with Gasteiger partial charge in [-0.1, -0.05) is 0 Å². The van der Waals surface area contributed by atoms with Gasteiger partial charge in [-0.2, -0.15) is 0 Å². The predicted molar refractivity (Wildman–Crippen MR) is 45.5 cm³/mol. The highest BCUT2D eigenvalue weighted by Gasteiger charge is 1.89. The molecule has 0 unspecified atom stereocenters. The second-order valence-electron chi connectivity index (χ2n) is 1.82. The van der Waals surface area contributed by atoms with Crippen molar-refractivity contribution in [2.75, 3.05) is 11.5 Å². The van der Waals surface area contributed by atoms with Gasteiger partial charge in [0.05, 0.1) is 7.11 Å². The van der Waals surface area contributed by atoms with Gasteiger partial charge < -0.3 is 9.08 Å². The van der Waals surface area contributed by atoms with E-state index in [1.165, 1.54) is 0 Å². The van der Waals surface area contributed by atoms with Crippen LogP contribution in [0.2, 0.25) is 0 Å². The molecule has 1 rings (SSSR count). The van der Waals surface area contributed by atoms with Crippen molar-refractivity contribution in [3.63, 3.8) is 0 Å². The van der Waals surface area contributed by atoms with Crippen LogP contribution >= 0.6 is 16.1 Å². The molecule has 0 aromatic heterocycles. The summed E-state index contributed by atoms with van der Waals surface area (Å²) in [4.78, 5) is 0. The first-order valence-electron chi connectivity index (χ1n) is 2.87. The van der Waals surface area contributed by atoms with Crippen molar-refractivity contribution in [2.24, 2.45) is 0 Å². The van der Waals surface area contributed by atoms with E-state index in [0.29, 0.717) is 0 Å². The van der Waals surface area contributed by atoms with E-state index in [-0.39, 0.29) is 0 Å². The maximum absolute atomic E-state index is 4.97. The molecule has 0 saturated heterocycles. The second-order valence-corrected chi connectivity index (χ2v) is 2.22. The molecule has 0 aliphatic heterocycles. The van der Waals surface area contributed by atoms with Gasteiger partial charge in [0.1, 0.15) is 5.75 Å². The summed E-state index contributed by atoms with van der Waals surface area (Å²) in [5.41, 5.74) is 1.01. The molecule has 1 aromatic rings. The SMILES string of the molecule is COc1ccc(NBr)cc1. The van der Waals surface area contributed by atoms with Gasteiger partial charge >= 0.3 is 0 Å². The smallest absolute Gasteiger partial charge is 0.119 e. The van der Waals surface area contributed by atoms with Crippen LogP contribution in [0.3, 0.4) is 0 Å². The van der Waals surface area contributed by atoms with Gasteiger partial charge in [0.2, 0.25) is 0 Å². The molecule has 54 valence electrons. The van der Waals surface area contributed by atoms with Gasteiger partial charge in [0.15, 0.2) is 0 Å². The number of rotatable bonds is 2. The van der Waals surface area contributed by atoms with E-state index in [9.17, 15) is 0 Å². The molecular formula is C7H8BrNO. The van der Waals surface area contributed by atoms with Crippen LogP contribution in [0.25, 0.3) is 0 Å². The summed E-state index contributed by atoms with van der Waals surface area (Å²) in [6, 6.07) is 7.63. The van der Waals surface area contributed by atoms with Crippen LogP contribution < -0.4 is 9.08 Å². The molecular weight excluding hydrogens is 194 g/mol. The van der Waals surface area contributed by atoms with E-state index in [1.54, 1.807) is 7.11 Å². The normalized spacial score (nSPS) is 9.00. The van der Waals surface area contributed by atoms with Crippen LogP contribution in [-0.2, 0) is 0 Å². The molecule has 1 aromatic carbocycles. The maximum atomic E-state index is 4.97. The third-order valence-corrected chi connectivity index (χ3v) is 1.66. The van der Waals surface area contributed by atoms with Gasteiger partial charge in [0, 0.05) is 21.8 Å². The lowest BCUT2D eigenvalue weighted by Crippen LogP contribution is -1.82. The number of hydrogen-bond acceptors (Lipinski definition) is 2. The molecule has 0 aliphatic rings. The average molecular weight is 202 g/mol. The summed E-state index contributed by atoms with van der Waals surface area (Å²) >= 11 is 3.11. The van der Waals surface area contributed by atoms with E-state index in [0.717, 1.165) is 11.4 Å². The lowest BCUT2D eigenvalue weighted by atomic mass is 10.3. The summed E-state index contributed by atoms with van der Waals surface area (Å²) in [6.07, 6.45) is 0. The Bertz CT molecular complexity index is 174. The second kappa shape index (κ2) is 3.46. The van der Waals surface area contributed by atoms with Crippen molar-refractivity contribution in [3.05, 3.63) is 24.3 Å². The van der Waals surface area contributed by atoms with Gasteiger partial charge in [-0.15, -0.1) is 0 Å².